The summed E-state index contributed by atoms with van der Waals surface area (Å²) in [6.07, 6.45) is -4.51. The van der Waals surface area contributed by atoms with Crippen molar-refractivity contribution in [2.24, 2.45) is 7.05 Å². The van der Waals surface area contributed by atoms with E-state index in [0.717, 1.165) is 16.7 Å². The summed E-state index contributed by atoms with van der Waals surface area (Å²) in [5.41, 5.74) is -1.68. The largest absolute Gasteiger partial charge is 0.416 e. The molecule has 0 radical (unpaired) electrons. The Morgan fingerprint density at radius 3 is 1.81 bits per heavy atom. The molecule has 10 heteroatoms. The van der Waals surface area contributed by atoms with E-state index in [-0.39, 0.29) is 22.4 Å². The minimum atomic E-state index is -4.51. The summed E-state index contributed by atoms with van der Waals surface area (Å²) < 4.78 is 42.5. The van der Waals surface area contributed by atoms with Gasteiger partial charge in [-0.25, -0.2) is 13.9 Å². The normalized spacial score (nSPS) is 11.6. The Hall–Kier alpha value is -4.86. The molecule has 2 heterocycles. The Morgan fingerprint density at radius 2 is 1.27 bits per heavy atom. The number of alkyl halides is 3. The lowest BCUT2D eigenvalue weighted by Crippen LogP contribution is -2.40. The Morgan fingerprint density at radius 1 is 0.730 bits per heavy atom. The molecule has 0 saturated heterocycles. The van der Waals surface area contributed by atoms with Crippen LogP contribution in [-0.4, -0.2) is 13.7 Å². The maximum absolute atomic E-state index is 13.8. The second kappa shape index (κ2) is 8.98. The third-order valence-electron chi connectivity index (χ3n) is 5.94. The third-order valence-corrected chi connectivity index (χ3v) is 5.94. The van der Waals surface area contributed by atoms with E-state index in [9.17, 15) is 27.6 Å². The van der Waals surface area contributed by atoms with Crippen LogP contribution in [0.15, 0.2) is 105 Å². The van der Waals surface area contributed by atoms with E-state index in [1.165, 1.54) is 34.4 Å². The number of hydrogen-bond acceptors (Lipinski definition) is 4. The summed E-state index contributed by atoms with van der Waals surface area (Å²) in [6, 6.07) is 22.2. The number of aryl methyl sites for hydroxylation is 1. The van der Waals surface area contributed by atoms with Gasteiger partial charge in [0.1, 0.15) is 11.0 Å². The highest BCUT2D eigenvalue weighted by molar-refractivity contribution is 5.91. The highest BCUT2D eigenvalue weighted by Gasteiger charge is 2.30. The van der Waals surface area contributed by atoms with Crippen LogP contribution in [-0.2, 0) is 13.2 Å². The summed E-state index contributed by atoms with van der Waals surface area (Å²) in [4.78, 5) is 40.5. The number of fused-ring (bicyclic) bond motifs is 1. The van der Waals surface area contributed by atoms with E-state index in [0.29, 0.717) is 11.4 Å². The van der Waals surface area contributed by atoms with E-state index < -0.39 is 28.5 Å². The molecule has 5 rings (SSSR count). The molecule has 0 amide bonds. The number of nitrogens with one attached hydrogen (secondary N) is 1. The molecule has 0 bridgehead atoms. The number of hydrogen-bond donors (Lipinski definition) is 1. The first kappa shape index (κ1) is 23.9. The molecule has 0 aliphatic rings. The van der Waals surface area contributed by atoms with E-state index in [4.69, 9.17) is 0 Å². The van der Waals surface area contributed by atoms with Crippen LogP contribution in [0.4, 0.5) is 24.5 Å². The Kier molecular flexibility index (Phi) is 5.79. The molecule has 0 unspecified atom stereocenters. The molecule has 3 aromatic carbocycles. The molecule has 2 aromatic heterocycles. The second-order valence-corrected chi connectivity index (χ2v) is 8.28. The highest BCUT2D eigenvalue weighted by Crippen LogP contribution is 2.31. The van der Waals surface area contributed by atoms with Gasteiger partial charge in [-0.15, -0.1) is 0 Å². The fourth-order valence-corrected chi connectivity index (χ4v) is 4.16. The highest BCUT2D eigenvalue weighted by atomic mass is 19.4. The average molecular weight is 504 g/mol. The van der Waals surface area contributed by atoms with Crippen LogP contribution in [0.25, 0.3) is 22.4 Å². The third kappa shape index (κ3) is 4.22. The van der Waals surface area contributed by atoms with Gasteiger partial charge < -0.3 is 5.32 Å². The number of rotatable bonds is 4. The molecule has 37 heavy (non-hydrogen) atoms. The molecule has 7 nitrogen and oxygen atoms in total. The molecule has 0 aliphatic carbocycles. The first-order valence-electron chi connectivity index (χ1n) is 11.1. The van der Waals surface area contributed by atoms with Gasteiger partial charge in [0, 0.05) is 18.8 Å². The number of pyridine rings is 1. The molecular weight excluding hydrogens is 485 g/mol. The topological polar surface area (TPSA) is 78.0 Å². The molecule has 0 aliphatic heterocycles. The number of halogens is 3. The Balaban J connectivity index is 1.86. The fraction of sp³-hybridized carbons (Fsp3) is 0.0741. The van der Waals surface area contributed by atoms with Gasteiger partial charge in [-0.3, -0.25) is 14.2 Å². The van der Waals surface area contributed by atoms with Crippen molar-refractivity contribution in [1.82, 2.24) is 13.7 Å². The summed E-state index contributed by atoms with van der Waals surface area (Å²) in [6.45, 7) is 0. The summed E-state index contributed by atoms with van der Waals surface area (Å²) in [5.74, 6) is 0. The first-order chi connectivity index (χ1) is 17.7. The first-order valence-corrected chi connectivity index (χ1v) is 11.1. The molecule has 0 fully saturated rings. The van der Waals surface area contributed by atoms with Crippen molar-refractivity contribution in [1.29, 1.82) is 0 Å². The van der Waals surface area contributed by atoms with Gasteiger partial charge >= 0.3 is 11.9 Å². The average Bonchev–Trinajstić information content (AvgIpc) is 2.88. The van der Waals surface area contributed by atoms with Crippen molar-refractivity contribution in [2.75, 3.05) is 5.32 Å². The van der Waals surface area contributed by atoms with Gasteiger partial charge in [0.15, 0.2) is 0 Å². The van der Waals surface area contributed by atoms with E-state index >= 15 is 0 Å². The number of anilines is 2. The van der Waals surface area contributed by atoms with Crippen LogP contribution < -0.4 is 22.1 Å². The number of para-hydroxylation sites is 2. The Labute approximate surface area is 207 Å². The van der Waals surface area contributed by atoms with Crippen LogP contribution in [0.1, 0.15) is 5.56 Å². The zero-order chi connectivity index (χ0) is 26.3. The predicted octanol–water partition coefficient (Wildman–Crippen LogP) is 4.60. The molecule has 0 atom stereocenters. The maximum atomic E-state index is 13.8. The van der Waals surface area contributed by atoms with Gasteiger partial charge in [-0.2, -0.15) is 13.2 Å². The number of benzene rings is 3. The van der Waals surface area contributed by atoms with Crippen molar-refractivity contribution in [3.8, 4) is 11.4 Å². The van der Waals surface area contributed by atoms with Crippen LogP contribution in [0.3, 0.4) is 0 Å². The fourth-order valence-electron chi connectivity index (χ4n) is 4.16. The monoisotopic (exact) mass is 504 g/mol. The lowest BCUT2D eigenvalue weighted by atomic mass is 10.2. The van der Waals surface area contributed by atoms with E-state index in [1.807, 2.05) is 0 Å². The Bertz CT molecular complexity index is 1790. The van der Waals surface area contributed by atoms with Crippen molar-refractivity contribution in [3.05, 3.63) is 128 Å². The minimum absolute atomic E-state index is 0.00861. The number of nitrogens with zero attached hydrogens (tertiary/aromatic N) is 3. The lowest BCUT2D eigenvalue weighted by molar-refractivity contribution is -0.137. The van der Waals surface area contributed by atoms with Crippen molar-refractivity contribution < 1.29 is 13.2 Å². The van der Waals surface area contributed by atoms with Gasteiger partial charge in [0.05, 0.1) is 22.6 Å². The molecular formula is C27H19F3N4O3. The van der Waals surface area contributed by atoms with Gasteiger partial charge in [0.25, 0.3) is 11.1 Å². The molecule has 0 saturated carbocycles. The molecule has 0 spiro atoms. The molecule has 1 N–H and O–H groups in total. The van der Waals surface area contributed by atoms with Crippen LogP contribution in [0.2, 0.25) is 0 Å². The van der Waals surface area contributed by atoms with Gasteiger partial charge in [0.2, 0.25) is 0 Å². The van der Waals surface area contributed by atoms with Crippen molar-refractivity contribution in [3.63, 3.8) is 0 Å². The SMILES string of the molecule is Cn1c(=O)cc(Nc2ccc(C(F)(F)F)cc2)c2c(=O)n(-c3ccccc3)c(=O)n(-c3ccccc3)c21. The minimum Gasteiger partial charge on any atom is -0.355 e. The van der Waals surface area contributed by atoms with Crippen molar-refractivity contribution in [2.45, 2.75) is 6.18 Å². The van der Waals surface area contributed by atoms with Crippen molar-refractivity contribution >= 4 is 22.4 Å². The lowest BCUT2D eigenvalue weighted by Gasteiger charge is -2.19. The second-order valence-electron chi connectivity index (χ2n) is 8.28. The predicted molar refractivity (Wildman–Crippen MR) is 135 cm³/mol. The summed E-state index contributed by atoms with van der Waals surface area (Å²) in [7, 11) is 1.44. The zero-order valence-electron chi connectivity index (χ0n) is 19.4. The van der Waals surface area contributed by atoms with E-state index in [2.05, 4.69) is 5.32 Å². The number of aromatic nitrogens is 3. The molecule has 186 valence electrons. The van der Waals surface area contributed by atoms with Crippen LogP contribution in [0, 0.1) is 0 Å². The van der Waals surface area contributed by atoms with Gasteiger partial charge in [-0.1, -0.05) is 36.4 Å². The van der Waals surface area contributed by atoms with Crippen LogP contribution in [0.5, 0.6) is 0 Å². The van der Waals surface area contributed by atoms with Gasteiger partial charge in [-0.05, 0) is 48.5 Å². The zero-order valence-corrected chi connectivity index (χ0v) is 19.4. The molecule has 5 aromatic rings. The maximum Gasteiger partial charge on any atom is 0.416 e. The smallest absolute Gasteiger partial charge is 0.355 e. The summed E-state index contributed by atoms with van der Waals surface area (Å²) >= 11 is 0. The summed E-state index contributed by atoms with van der Waals surface area (Å²) in [5, 5.41) is 2.91. The quantitative estimate of drug-likeness (QED) is 0.388. The van der Waals surface area contributed by atoms with E-state index in [1.54, 1.807) is 60.7 Å². The standard InChI is InChI=1S/C27H19F3N4O3/c1-32-22(35)16-21(31-18-14-12-17(13-15-18)27(28,29)30)23-24(32)33(19-8-4-2-5-9-19)26(37)34(25(23)36)20-10-6-3-7-11-20/h2-16,31H,1H3. The van der Waals surface area contributed by atoms with Crippen LogP contribution >= 0.6 is 0 Å².